The average Bonchev–Trinajstić information content (AvgIpc) is 2.05. The van der Waals surface area contributed by atoms with Gasteiger partial charge in [-0.25, -0.2) is 0 Å². The quantitative estimate of drug-likeness (QED) is 0.478. The summed E-state index contributed by atoms with van der Waals surface area (Å²) in [4.78, 5) is 0. The second kappa shape index (κ2) is 7.15. The SMILES string of the molecule is C#CCCC(C=C=CC)CO. The summed E-state index contributed by atoms with van der Waals surface area (Å²) in [6, 6.07) is 0. The van der Waals surface area contributed by atoms with Crippen LogP contribution >= 0.6 is 0 Å². The first kappa shape index (κ1) is 10.0. The minimum Gasteiger partial charge on any atom is -0.396 e. The molecule has 0 aromatic rings. The van der Waals surface area contributed by atoms with Crippen LogP contribution in [-0.4, -0.2) is 11.7 Å². The smallest absolute Gasteiger partial charge is 0.0500 e. The van der Waals surface area contributed by atoms with Crippen molar-refractivity contribution in [3.05, 3.63) is 17.9 Å². The van der Waals surface area contributed by atoms with Crippen LogP contribution in [0.1, 0.15) is 19.8 Å². The van der Waals surface area contributed by atoms with Crippen LogP contribution in [0.15, 0.2) is 17.9 Å². The summed E-state index contributed by atoms with van der Waals surface area (Å²) in [5.74, 6) is 2.71. The molecule has 0 amide bonds. The molecule has 0 aromatic heterocycles. The summed E-state index contributed by atoms with van der Waals surface area (Å²) in [6.07, 6.45) is 10.3. The zero-order valence-corrected chi connectivity index (χ0v) is 6.88. The molecule has 0 saturated heterocycles. The summed E-state index contributed by atoms with van der Waals surface area (Å²) in [5, 5.41) is 8.83. The molecule has 0 fully saturated rings. The van der Waals surface area contributed by atoms with E-state index in [4.69, 9.17) is 11.5 Å². The van der Waals surface area contributed by atoms with Crippen molar-refractivity contribution in [1.82, 2.24) is 0 Å². The summed E-state index contributed by atoms with van der Waals surface area (Å²) in [6.45, 7) is 2.05. The summed E-state index contributed by atoms with van der Waals surface area (Å²) in [7, 11) is 0. The molecule has 1 nitrogen and oxygen atoms in total. The van der Waals surface area contributed by atoms with Gasteiger partial charge in [-0.3, -0.25) is 0 Å². The van der Waals surface area contributed by atoms with Gasteiger partial charge < -0.3 is 5.11 Å². The third-order valence-corrected chi connectivity index (χ3v) is 1.39. The van der Waals surface area contributed by atoms with Crippen molar-refractivity contribution in [2.24, 2.45) is 5.92 Å². The van der Waals surface area contributed by atoms with Crippen molar-refractivity contribution in [2.75, 3.05) is 6.61 Å². The number of terminal acetylenes is 1. The van der Waals surface area contributed by atoms with Gasteiger partial charge >= 0.3 is 0 Å². The first-order valence-electron chi connectivity index (χ1n) is 3.76. The van der Waals surface area contributed by atoms with Crippen molar-refractivity contribution in [1.29, 1.82) is 0 Å². The molecular formula is C10H14O. The molecule has 0 saturated carbocycles. The van der Waals surface area contributed by atoms with E-state index in [0.717, 1.165) is 6.42 Å². The number of aliphatic hydroxyl groups excluding tert-OH is 1. The topological polar surface area (TPSA) is 20.2 Å². The molecule has 1 atom stereocenters. The Balaban J connectivity index is 3.78. The third-order valence-electron chi connectivity index (χ3n) is 1.39. The van der Waals surface area contributed by atoms with E-state index in [1.807, 2.05) is 19.1 Å². The Kier molecular flexibility index (Phi) is 6.53. The Morgan fingerprint density at radius 2 is 2.36 bits per heavy atom. The fraction of sp³-hybridized carbons (Fsp3) is 0.500. The molecule has 0 radical (unpaired) electrons. The maximum atomic E-state index is 8.83. The molecule has 0 aromatic carbocycles. The number of hydrogen-bond acceptors (Lipinski definition) is 1. The van der Waals surface area contributed by atoms with Gasteiger partial charge in [-0.05, 0) is 25.5 Å². The van der Waals surface area contributed by atoms with Crippen molar-refractivity contribution >= 4 is 0 Å². The predicted octanol–water partition coefficient (Wildman–Crippen LogP) is 1.74. The second-order valence-corrected chi connectivity index (χ2v) is 2.31. The van der Waals surface area contributed by atoms with E-state index >= 15 is 0 Å². The maximum Gasteiger partial charge on any atom is 0.0500 e. The van der Waals surface area contributed by atoms with Gasteiger partial charge in [0.25, 0.3) is 0 Å². The first-order valence-corrected chi connectivity index (χ1v) is 3.76. The molecule has 0 rings (SSSR count). The van der Waals surface area contributed by atoms with E-state index in [-0.39, 0.29) is 12.5 Å². The molecule has 0 heterocycles. The normalized spacial score (nSPS) is 11.0. The molecule has 60 valence electrons. The molecule has 1 N–H and O–H groups in total. The molecule has 11 heavy (non-hydrogen) atoms. The molecule has 0 aliphatic heterocycles. The zero-order valence-electron chi connectivity index (χ0n) is 6.88. The molecule has 1 unspecified atom stereocenters. The fourth-order valence-corrected chi connectivity index (χ4v) is 0.728. The molecular weight excluding hydrogens is 136 g/mol. The van der Waals surface area contributed by atoms with E-state index < -0.39 is 0 Å². The molecule has 0 bridgehead atoms. The lowest BCUT2D eigenvalue weighted by Gasteiger charge is -2.03. The van der Waals surface area contributed by atoms with Gasteiger partial charge in [-0.2, -0.15) is 0 Å². The van der Waals surface area contributed by atoms with Crippen LogP contribution in [0.4, 0.5) is 0 Å². The number of rotatable bonds is 4. The van der Waals surface area contributed by atoms with Crippen LogP contribution in [0.3, 0.4) is 0 Å². The second-order valence-electron chi connectivity index (χ2n) is 2.31. The average molecular weight is 150 g/mol. The molecule has 0 aliphatic carbocycles. The number of aliphatic hydroxyl groups is 1. The highest BCUT2D eigenvalue weighted by Crippen LogP contribution is 2.05. The Morgan fingerprint density at radius 3 is 2.82 bits per heavy atom. The van der Waals surface area contributed by atoms with Gasteiger partial charge in [-0.15, -0.1) is 18.1 Å². The van der Waals surface area contributed by atoms with Crippen LogP contribution in [0.5, 0.6) is 0 Å². The predicted molar refractivity (Wildman–Crippen MR) is 47.0 cm³/mol. The highest BCUT2D eigenvalue weighted by Gasteiger charge is 1.99. The minimum absolute atomic E-state index is 0.155. The summed E-state index contributed by atoms with van der Waals surface area (Å²) >= 11 is 0. The lowest BCUT2D eigenvalue weighted by Crippen LogP contribution is -2.00. The standard InChI is InChI=1S/C10H14O/c1-3-5-7-10(9-11)8-6-4-2/h1,4,8,10-11H,5,7,9H2,2H3. The molecule has 0 aliphatic rings. The van der Waals surface area contributed by atoms with Gasteiger partial charge in [0.1, 0.15) is 0 Å². The van der Waals surface area contributed by atoms with E-state index in [1.165, 1.54) is 0 Å². The summed E-state index contributed by atoms with van der Waals surface area (Å²) in [5.41, 5.74) is 2.93. The lowest BCUT2D eigenvalue weighted by atomic mass is 10.0. The van der Waals surface area contributed by atoms with Crippen molar-refractivity contribution in [3.63, 3.8) is 0 Å². The van der Waals surface area contributed by atoms with Gasteiger partial charge in [0.2, 0.25) is 0 Å². The van der Waals surface area contributed by atoms with E-state index in [9.17, 15) is 0 Å². The van der Waals surface area contributed by atoms with Crippen molar-refractivity contribution < 1.29 is 5.11 Å². The molecule has 0 spiro atoms. The largest absolute Gasteiger partial charge is 0.396 e. The van der Waals surface area contributed by atoms with Crippen molar-refractivity contribution in [2.45, 2.75) is 19.8 Å². The van der Waals surface area contributed by atoms with Crippen LogP contribution in [0.2, 0.25) is 0 Å². The van der Waals surface area contributed by atoms with Gasteiger partial charge in [0.15, 0.2) is 0 Å². The first-order chi connectivity index (χ1) is 5.35. The van der Waals surface area contributed by atoms with Crippen LogP contribution in [-0.2, 0) is 0 Å². The number of hydrogen-bond donors (Lipinski definition) is 1. The summed E-state index contributed by atoms with van der Waals surface area (Å²) < 4.78 is 0. The van der Waals surface area contributed by atoms with Gasteiger partial charge in [0, 0.05) is 18.9 Å². The third kappa shape index (κ3) is 5.48. The monoisotopic (exact) mass is 150 g/mol. The van der Waals surface area contributed by atoms with E-state index in [2.05, 4.69) is 11.7 Å². The highest BCUT2D eigenvalue weighted by atomic mass is 16.3. The minimum atomic E-state index is 0.155. The highest BCUT2D eigenvalue weighted by molar-refractivity contribution is 4.91. The van der Waals surface area contributed by atoms with E-state index in [1.54, 1.807) is 0 Å². The Bertz CT molecular complexity index is 180. The Hall–Kier alpha value is -0.960. The van der Waals surface area contributed by atoms with Crippen molar-refractivity contribution in [3.8, 4) is 12.3 Å². The Morgan fingerprint density at radius 1 is 1.64 bits per heavy atom. The fourth-order valence-electron chi connectivity index (χ4n) is 0.728. The Labute approximate surface area is 68.4 Å². The van der Waals surface area contributed by atoms with Gasteiger partial charge in [0.05, 0.1) is 0 Å². The van der Waals surface area contributed by atoms with E-state index in [0.29, 0.717) is 6.42 Å². The van der Waals surface area contributed by atoms with Crippen LogP contribution in [0.25, 0.3) is 0 Å². The zero-order chi connectivity index (χ0) is 8.53. The lowest BCUT2D eigenvalue weighted by molar-refractivity contribution is 0.247. The maximum absolute atomic E-state index is 8.83. The van der Waals surface area contributed by atoms with Crippen LogP contribution < -0.4 is 0 Å². The van der Waals surface area contributed by atoms with Gasteiger partial charge in [-0.1, -0.05) is 0 Å². The molecule has 1 heteroatoms. The van der Waals surface area contributed by atoms with Crippen LogP contribution in [0, 0.1) is 18.3 Å².